The van der Waals surface area contributed by atoms with Gasteiger partial charge in [-0.1, -0.05) is 12.1 Å². The fourth-order valence-electron chi connectivity index (χ4n) is 1.87. The molecule has 23 heavy (non-hydrogen) atoms. The SMILES string of the molecule is NNC(=O)S(=O)(=O)O.O=[N+]([O-])c1ccccc1N1CCNCC1. The van der Waals surface area contributed by atoms with Crippen LogP contribution in [-0.4, -0.2) is 49.3 Å². The molecule has 1 aromatic rings. The minimum atomic E-state index is -4.63. The van der Waals surface area contributed by atoms with E-state index in [0.29, 0.717) is 0 Å². The average Bonchev–Trinajstić information content (AvgIpc) is 2.54. The first-order chi connectivity index (χ1) is 10.8. The molecule has 2 rings (SSSR count). The number of hydrogen-bond donors (Lipinski definition) is 4. The number of nitro groups is 1. The van der Waals surface area contributed by atoms with Crippen LogP contribution >= 0.6 is 0 Å². The Morgan fingerprint density at radius 3 is 2.35 bits per heavy atom. The van der Waals surface area contributed by atoms with Crippen LogP contribution in [0.15, 0.2) is 24.3 Å². The lowest BCUT2D eigenvalue weighted by molar-refractivity contribution is -0.384. The molecule has 0 saturated carbocycles. The van der Waals surface area contributed by atoms with Crippen LogP contribution in [0.4, 0.5) is 16.2 Å². The standard InChI is InChI=1S/C10H13N3O2.CH4N2O4S/c14-13(15)10-4-2-1-3-9(10)12-7-5-11-6-8-12;2-3-1(4)8(5,6)7/h1-4,11H,5-8H2;2H2,(H,3,4)(H,5,6,7). The summed E-state index contributed by atoms with van der Waals surface area (Å²) in [5, 5.41) is 12.4. The van der Waals surface area contributed by atoms with Crippen LogP contribution in [0.5, 0.6) is 0 Å². The molecular weight excluding hydrogens is 330 g/mol. The zero-order valence-electron chi connectivity index (χ0n) is 12.0. The second-order valence-corrected chi connectivity index (χ2v) is 5.71. The van der Waals surface area contributed by atoms with Gasteiger partial charge >= 0.3 is 15.4 Å². The molecule has 1 fully saturated rings. The second kappa shape index (κ2) is 8.38. The zero-order chi connectivity index (χ0) is 17.5. The Morgan fingerprint density at radius 1 is 1.35 bits per heavy atom. The van der Waals surface area contributed by atoms with E-state index in [4.69, 9.17) is 4.55 Å². The monoisotopic (exact) mass is 347 g/mol. The van der Waals surface area contributed by atoms with E-state index >= 15 is 0 Å². The van der Waals surface area contributed by atoms with Gasteiger partial charge in [0, 0.05) is 32.2 Å². The highest BCUT2D eigenvalue weighted by molar-refractivity contribution is 8.01. The van der Waals surface area contributed by atoms with Crippen LogP contribution in [-0.2, 0) is 10.1 Å². The number of hydrazine groups is 1. The van der Waals surface area contributed by atoms with Crippen LogP contribution < -0.4 is 21.5 Å². The lowest BCUT2D eigenvalue weighted by atomic mass is 10.2. The minimum absolute atomic E-state index is 0.194. The first kappa shape index (κ1) is 18.8. The molecule has 1 aliphatic heterocycles. The number of nitro benzene ring substituents is 1. The molecule has 0 bridgehead atoms. The molecule has 0 aromatic heterocycles. The Hall–Kier alpha value is -2.28. The van der Waals surface area contributed by atoms with Gasteiger partial charge in [0.2, 0.25) is 0 Å². The van der Waals surface area contributed by atoms with Crippen molar-refractivity contribution in [2.75, 3.05) is 31.1 Å². The number of carbonyl (C=O) groups excluding carboxylic acids is 1. The Morgan fingerprint density at radius 2 is 1.91 bits per heavy atom. The van der Waals surface area contributed by atoms with Gasteiger partial charge < -0.3 is 10.2 Å². The quantitative estimate of drug-likeness (QED) is 0.180. The Labute approximate surface area is 132 Å². The fraction of sp³-hybridized carbons (Fsp3) is 0.364. The third-order valence-electron chi connectivity index (χ3n) is 2.89. The molecular formula is C11H17N5O6S. The molecule has 0 atom stereocenters. The lowest BCUT2D eigenvalue weighted by Gasteiger charge is -2.28. The van der Waals surface area contributed by atoms with E-state index in [1.54, 1.807) is 12.1 Å². The third kappa shape index (κ3) is 5.78. The van der Waals surface area contributed by atoms with Gasteiger partial charge in [0.1, 0.15) is 5.69 Å². The maximum absolute atomic E-state index is 10.8. The summed E-state index contributed by atoms with van der Waals surface area (Å²) in [7, 11) is -4.63. The van der Waals surface area contributed by atoms with Gasteiger partial charge in [-0.25, -0.2) is 5.84 Å². The highest BCUT2D eigenvalue weighted by Gasteiger charge is 2.19. The number of carbonyl (C=O) groups is 1. The van der Waals surface area contributed by atoms with E-state index in [0.717, 1.165) is 31.9 Å². The van der Waals surface area contributed by atoms with Gasteiger partial charge in [-0.05, 0) is 6.07 Å². The molecule has 1 amide bonds. The first-order valence-corrected chi connectivity index (χ1v) is 7.88. The molecule has 1 aromatic carbocycles. The predicted molar refractivity (Wildman–Crippen MR) is 82.4 cm³/mol. The summed E-state index contributed by atoms with van der Waals surface area (Å²) in [5.41, 5.74) is 2.15. The van der Waals surface area contributed by atoms with Crippen molar-refractivity contribution < 1.29 is 22.7 Å². The van der Waals surface area contributed by atoms with Crippen molar-refractivity contribution in [1.29, 1.82) is 0 Å². The summed E-state index contributed by atoms with van der Waals surface area (Å²) < 4.78 is 27.0. The van der Waals surface area contributed by atoms with Crippen LogP contribution in [0.2, 0.25) is 0 Å². The van der Waals surface area contributed by atoms with E-state index in [2.05, 4.69) is 16.1 Å². The summed E-state index contributed by atoms with van der Waals surface area (Å²) >= 11 is 0. The van der Waals surface area contributed by atoms with Crippen molar-refractivity contribution in [3.63, 3.8) is 0 Å². The number of nitrogens with one attached hydrogen (secondary N) is 2. The number of benzene rings is 1. The van der Waals surface area contributed by atoms with Crippen molar-refractivity contribution in [2.45, 2.75) is 0 Å². The van der Waals surface area contributed by atoms with Crippen LogP contribution in [0, 0.1) is 10.1 Å². The maximum Gasteiger partial charge on any atom is 0.377 e. The fourth-order valence-corrected chi connectivity index (χ4v) is 2.02. The largest absolute Gasteiger partial charge is 0.377 e. The number of rotatable bonds is 2. The van der Waals surface area contributed by atoms with Crippen LogP contribution in [0.25, 0.3) is 0 Å². The van der Waals surface area contributed by atoms with Crippen molar-refractivity contribution >= 4 is 26.7 Å². The van der Waals surface area contributed by atoms with Gasteiger partial charge in [-0.3, -0.25) is 24.9 Å². The van der Waals surface area contributed by atoms with Crippen molar-refractivity contribution in [3.8, 4) is 0 Å². The summed E-state index contributed by atoms with van der Waals surface area (Å²) in [6.07, 6.45) is 0. The molecule has 1 saturated heterocycles. The number of anilines is 1. The molecule has 1 aliphatic rings. The summed E-state index contributed by atoms with van der Waals surface area (Å²) in [6, 6.07) is 6.90. The number of nitrogens with zero attached hydrogens (tertiary/aromatic N) is 2. The number of para-hydroxylation sites is 2. The molecule has 0 aliphatic carbocycles. The molecule has 128 valence electrons. The van der Waals surface area contributed by atoms with E-state index in [1.165, 1.54) is 5.43 Å². The van der Waals surface area contributed by atoms with Gasteiger partial charge in [-0.15, -0.1) is 0 Å². The Bertz CT molecular complexity index is 659. The second-order valence-electron chi connectivity index (χ2n) is 4.39. The maximum atomic E-state index is 10.8. The van der Waals surface area contributed by atoms with Crippen molar-refractivity contribution in [3.05, 3.63) is 34.4 Å². The molecule has 11 nitrogen and oxygen atoms in total. The van der Waals surface area contributed by atoms with E-state index < -0.39 is 15.4 Å². The van der Waals surface area contributed by atoms with Crippen molar-refractivity contribution in [2.24, 2.45) is 5.84 Å². The molecule has 1 heterocycles. The van der Waals surface area contributed by atoms with E-state index in [9.17, 15) is 23.3 Å². The highest BCUT2D eigenvalue weighted by Crippen LogP contribution is 2.27. The van der Waals surface area contributed by atoms with Gasteiger partial charge in [0.25, 0.3) is 5.69 Å². The number of amides is 1. The molecule has 0 radical (unpaired) electrons. The number of nitrogens with two attached hydrogens (primary N) is 1. The van der Waals surface area contributed by atoms with Gasteiger partial charge in [0.15, 0.2) is 0 Å². The predicted octanol–water partition coefficient (Wildman–Crippen LogP) is -0.538. The molecule has 12 heteroatoms. The molecule has 5 N–H and O–H groups in total. The number of hydrogen-bond acceptors (Lipinski definition) is 8. The third-order valence-corrected chi connectivity index (χ3v) is 3.47. The topological polar surface area (TPSA) is 168 Å². The normalized spacial score (nSPS) is 14.4. The molecule has 0 spiro atoms. The van der Waals surface area contributed by atoms with E-state index in [1.807, 2.05) is 12.1 Å². The lowest BCUT2D eigenvalue weighted by Crippen LogP contribution is -2.43. The van der Waals surface area contributed by atoms with Gasteiger partial charge in [-0.2, -0.15) is 8.42 Å². The molecule has 0 unspecified atom stereocenters. The Kier molecular flexibility index (Phi) is 6.84. The number of piperazine rings is 1. The van der Waals surface area contributed by atoms with Crippen LogP contribution in [0.3, 0.4) is 0 Å². The van der Waals surface area contributed by atoms with Crippen LogP contribution in [0.1, 0.15) is 0 Å². The zero-order valence-corrected chi connectivity index (χ0v) is 12.8. The van der Waals surface area contributed by atoms with Crippen molar-refractivity contribution in [1.82, 2.24) is 10.7 Å². The average molecular weight is 347 g/mol. The summed E-state index contributed by atoms with van der Waals surface area (Å²) in [5.74, 6) is 4.32. The smallest absolute Gasteiger partial charge is 0.363 e. The summed E-state index contributed by atoms with van der Waals surface area (Å²) in [6.45, 7) is 3.41. The first-order valence-electron chi connectivity index (χ1n) is 6.44. The highest BCUT2D eigenvalue weighted by atomic mass is 32.2. The minimum Gasteiger partial charge on any atom is -0.363 e. The summed E-state index contributed by atoms with van der Waals surface area (Å²) in [4.78, 5) is 22.3. The van der Waals surface area contributed by atoms with E-state index in [-0.39, 0.29) is 10.6 Å². The Balaban J connectivity index is 0.000000284. The van der Waals surface area contributed by atoms with Gasteiger partial charge in [0.05, 0.1) is 4.92 Å².